The Kier molecular flexibility index (Phi) is 4.78. The van der Waals surface area contributed by atoms with Gasteiger partial charge in [-0.05, 0) is 11.6 Å². The van der Waals surface area contributed by atoms with Gasteiger partial charge in [-0.3, -0.25) is 0 Å². The zero-order chi connectivity index (χ0) is 17.9. The highest BCUT2D eigenvalue weighted by Gasteiger charge is 2.35. The van der Waals surface area contributed by atoms with Crippen molar-refractivity contribution in [2.75, 3.05) is 13.1 Å². The summed E-state index contributed by atoms with van der Waals surface area (Å²) in [6.45, 7) is 0.647. The number of alkyl halides is 3. The number of carbonyl (C=O) groups excluding carboxylic acids is 1. The Balaban J connectivity index is 1.46. The van der Waals surface area contributed by atoms with Crippen LogP contribution in [0.4, 0.5) is 18.0 Å². The highest BCUT2D eigenvalue weighted by molar-refractivity contribution is 5.68. The topological polar surface area (TPSA) is 51.7 Å². The van der Waals surface area contributed by atoms with Crippen LogP contribution in [0.15, 0.2) is 48.7 Å². The van der Waals surface area contributed by atoms with Crippen molar-refractivity contribution in [2.24, 2.45) is 0 Å². The van der Waals surface area contributed by atoms with Gasteiger partial charge in [0.1, 0.15) is 12.7 Å². The van der Waals surface area contributed by atoms with Crippen LogP contribution < -0.4 is 4.74 Å². The monoisotopic (exact) mass is 352 g/mol. The molecule has 0 saturated carbocycles. The molecule has 1 aromatic heterocycles. The number of hydrogen-bond acceptors (Lipinski definition) is 4. The summed E-state index contributed by atoms with van der Waals surface area (Å²) in [5, 5.41) is 0. The van der Waals surface area contributed by atoms with Gasteiger partial charge in [-0.1, -0.05) is 30.3 Å². The van der Waals surface area contributed by atoms with Crippen molar-refractivity contribution in [3.8, 4) is 5.88 Å². The lowest BCUT2D eigenvalue weighted by Crippen LogP contribution is -2.56. The van der Waals surface area contributed by atoms with E-state index >= 15 is 0 Å². The molecule has 132 valence electrons. The van der Waals surface area contributed by atoms with Crippen LogP contribution in [0.25, 0.3) is 0 Å². The number of rotatable bonds is 4. The summed E-state index contributed by atoms with van der Waals surface area (Å²) in [6.07, 6.45) is -4.29. The predicted octanol–water partition coefficient (Wildman–Crippen LogP) is 3.50. The van der Waals surface area contributed by atoms with E-state index in [9.17, 15) is 18.0 Å². The van der Waals surface area contributed by atoms with Crippen LogP contribution >= 0.6 is 0 Å². The van der Waals surface area contributed by atoms with Crippen molar-refractivity contribution in [1.82, 2.24) is 9.88 Å². The molecule has 0 atom stereocenters. The first kappa shape index (κ1) is 17.1. The van der Waals surface area contributed by atoms with Gasteiger partial charge in [-0.15, -0.1) is 0 Å². The molecule has 0 unspecified atom stereocenters. The Bertz CT molecular complexity index is 731. The molecule has 0 radical (unpaired) electrons. The third kappa shape index (κ3) is 4.40. The Morgan fingerprint density at radius 3 is 2.60 bits per heavy atom. The van der Waals surface area contributed by atoms with Crippen LogP contribution in [-0.4, -0.2) is 35.2 Å². The number of hydrogen-bond donors (Lipinski definition) is 0. The first-order valence-electron chi connectivity index (χ1n) is 7.57. The number of benzene rings is 1. The van der Waals surface area contributed by atoms with E-state index in [4.69, 9.17) is 9.47 Å². The Hall–Kier alpha value is -2.77. The minimum atomic E-state index is -4.45. The molecule has 3 rings (SSSR count). The van der Waals surface area contributed by atoms with Crippen LogP contribution in [0, 0.1) is 0 Å². The molecule has 1 saturated heterocycles. The lowest BCUT2D eigenvalue weighted by molar-refractivity contribution is -0.137. The molecular weight excluding hydrogens is 337 g/mol. The Labute approximate surface area is 142 Å². The summed E-state index contributed by atoms with van der Waals surface area (Å²) >= 11 is 0. The number of nitrogens with zero attached hydrogens (tertiary/aromatic N) is 2. The first-order valence-corrected chi connectivity index (χ1v) is 7.57. The number of likely N-dealkylation sites (tertiary alicyclic amines) is 1. The molecule has 2 heterocycles. The van der Waals surface area contributed by atoms with Gasteiger partial charge in [-0.25, -0.2) is 9.78 Å². The molecule has 1 aliphatic heterocycles. The van der Waals surface area contributed by atoms with Crippen molar-refractivity contribution in [3.63, 3.8) is 0 Å². The Morgan fingerprint density at radius 1 is 1.20 bits per heavy atom. The summed E-state index contributed by atoms with van der Waals surface area (Å²) in [7, 11) is 0. The van der Waals surface area contributed by atoms with Crippen molar-refractivity contribution in [3.05, 3.63) is 59.8 Å². The van der Waals surface area contributed by atoms with E-state index in [0.29, 0.717) is 0 Å². The quantitative estimate of drug-likeness (QED) is 0.845. The number of aromatic nitrogens is 1. The lowest BCUT2D eigenvalue weighted by atomic mass is 10.2. The number of pyridine rings is 1. The normalized spacial score (nSPS) is 14.8. The number of ether oxygens (including phenoxy) is 2. The smallest absolute Gasteiger partial charge is 0.416 e. The molecule has 0 N–H and O–H groups in total. The molecule has 5 nitrogen and oxygen atoms in total. The summed E-state index contributed by atoms with van der Waals surface area (Å²) in [5.74, 6) is -0.114. The summed E-state index contributed by atoms with van der Waals surface area (Å²) < 4.78 is 48.5. The van der Waals surface area contributed by atoms with Gasteiger partial charge in [0.05, 0.1) is 18.7 Å². The van der Waals surface area contributed by atoms with E-state index in [-0.39, 0.29) is 25.6 Å². The Morgan fingerprint density at radius 2 is 1.92 bits per heavy atom. The van der Waals surface area contributed by atoms with Gasteiger partial charge in [0.25, 0.3) is 0 Å². The van der Waals surface area contributed by atoms with E-state index in [1.807, 2.05) is 30.3 Å². The lowest BCUT2D eigenvalue weighted by Gasteiger charge is -2.37. The van der Waals surface area contributed by atoms with Gasteiger partial charge < -0.3 is 14.4 Å². The second kappa shape index (κ2) is 7.00. The fraction of sp³-hybridized carbons (Fsp3) is 0.294. The highest BCUT2D eigenvalue weighted by atomic mass is 19.4. The van der Waals surface area contributed by atoms with E-state index in [2.05, 4.69) is 4.98 Å². The van der Waals surface area contributed by atoms with E-state index in [1.165, 1.54) is 4.90 Å². The molecule has 0 aliphatic carbocycles. The first-order chi connectivity index (χ1) is 11.9. The van der Waals surface area contributed by atoms with Crippen LogP contribution in [0.2, 0.25) is 0 Å². The summed E-state index contributed by atoms with van der Waals surface area (Å²) in [4.78, 5) is 17.0. The largest absolute Gasteiger partial charge is 0.471 e. The van der Waals surface area contributed by atoms with Gasteiger partial charge >= 0.3 is 12.3 Å². The molecular formula is C17H15F3N2O3. The molecule has 0 spiro atoms. The van der Waals surface area contributed by atoms with E-state index in [1.54, 1.807) is 0 Å². The minimum Gasteiger partial charge on any atom is -0.471 e. The molecule has 1 fully saturated rings. The van der Waals surface area contributed by atoms with Crippen LogP contribution in [0.5, 0.6) is 5.88 Å². The average Bonchev–Trinajstić information content (AvgIpc) is 2.56. The fourth-order valence-corrected chi connectivity index (χ4v) is 2.29. The van der Waals surface area contributed by atoms with Crippen LogP contribution in [0.3, 0.4) is 0 Å². The van der Waals surface area contributed by atoms with Crippen molar-refractivity contribution in [2.45, 2.75) is 18.9 Å². The summed E-state index contributed by atoms with van der Waals surface area (Å²) in [5.41, 5.74) is 0.0493. The van der Waals surface area contributed by atoms with E-state index in [0.717, 1.165) is 23.9 Å². The van der Waals surface area contributed by atoms with Crippen molar-refractivity contribution in [1.29, 1.82) is 0 Å². The van der Waals surface area contributed by atoms with Crippen LogP contribution in [-0.2, 0) is 17.5 Å². The van der Waals surface area contributed by atoms with Crippen molar-refractivity contribution >= 4 is 6.09 Å². The molecule has 1 aromatic carbocycles. The maximum absolute atomic E-state index is 12.6. The van der Waals surface area contributed by atoms with Gasteiger partial charge in [0.15, 0.2) is 0 Å². The zero-order valence-corrected chi connectivity index (χ0v) is 13.1. The predicted molar refractivity (Wildman–Crippen MR) is 81.9 cm³/mol. The highest BCUT2D eigenvalue weighted by Crippen LogP contribution is 2.31. The fourth-order valence-electron chi connectivity index (χ4n) is 2.29. The SMILES string of the molecule is O=C(OCc1ccccc1)N1CC(Oc2cc(C(F)(F)F)ccn2)C1. The molecule has 1 aliphatic rings. The summed E-state index contributed by atoms with van der Waals surface area (Å²) in [6, 6.07) is 11.0. The second-order valence-electron chi connectivity index (χ2n) is 5.57. The zero-order valence-electron chi connectivity index (χ0n) is 13.1. The maximum atomic E-state index is 12.6. The number of carbonyl (C=O) groups is 1. The number of halogens is 3. The third-order valence-electron chi connectivity index (χ3n) is 3.66. The average molecular weight is 352 g/mol. The molecule has 8 heteroatoms. The second-order valence-corrected chi connectivity index (χ2v) is 5.57. The molecule has 25 heavy (non-hydrogen) atoms. The molecule has 1 amide bonds. The minimum absolute atomic E-state index is 0.114. The van der Waals surface area contributed by atoms with Gasteiger partial charge in [0.2, 0.25) is 5.88 Å². The van der Waals surface area contributed by atoms with Crippen LogP contribution in [0.1, 0.15) is 11.1 Å². The van der Waals surface area contributed by atoms with Gasteiger partial charge in [0, 0.05) is 12.3 Å². The van der Waals surface area contributed by atoms with Crippen molar-refractivity contribution < 1.29 is 27.4 Å². The van der Waals surface area contributed by atoms with E-state index < -0.39 is 23.9 Å². The van der Waals surface area contributed by atoms with Gasteiger partial charge in [-0.2, -0.15) is 13.2 Å². The third-order valence-corrected chi connectivity index (χ3v) is 3.66. The number of amides is 1. The molecule has 2 aromatic rings. The maximum Gasteiger partial charge on any atom is 0.416 e. The molecule has 0 bridgehead atoms. The standard InChI is InChI=1S/C17H15F3N2O3/c18-17(19,20)13-6-7-21-15(8-13)25-14-9-22(10-14)16(23)24-11-12-4-2-1-3-5-12/h1-8,14H,9-11H2.